The fourth-order valence-corrected chi connectivity index (χ4v) is 2.77. The number of aliphatic hydroxyl groups excluding tert-OH is 1. The van der Waals surface area contributed by atoms with E-state index in [1.165, 1.54) is 19.3 Å². The fourth-order valence-electron chi connectivity index (χ4n) is 2.23. The standard InChI is InChI=1S/C13H27NOS/c1-11(2)12(10-16)9-14(7-4-8-15)13-5-3-6-13/h11-13,15-16H,3-10H2,1-2H3. The smallest absolute Gasteiger partial charge is 0.0443 e. The molecule has 1 aliphatic rings. The summed E-state index contributed by atoms with van der Waals surface area (Å²) in [6.45, 7) is 7.10. The van der Waals surface area contributed by atoms with Crippen molar-refractivity contribution in [2.75, 3.05) is 25.4 Å². The van der Waals surface area contributed by atoms with Crippen LogP contribution in [0.25, 0.3) is 0 Å². The second-order valence-corrected chi connectivity index (χ2v) is 5.71. The fraction of sp³-hybridized carbons (Fsp3) is 1.00. The molecule has 1 atom stereocenters. The van der Waals surface area contributed by atoms with Crippen molar-refractivity contribution in [2.24, 2.45) is 11.8 Å². The van der Waals surface area contributed by atoms with Crippen molar-refractivity contribution >= 4 is 12.6 Å². The van der Waals surface area contributed by atoms with E-state index < -0.39 is 0 Å². The summed E-state index contributed by atoms with van der Waals surface area (Å²) in [4.78, 5) is 2.58. The summed E-state index contributed by atoms with van der Waals surface area (Å²) >= 11 is 4.46. The topological polar surface area (TPSA) is 23.5 Å². The third-order valence-electron chi connectivity index (χ3n) is 3.84. The molecule has 2 nitrogen and oxygen atoms in total. The minimum absolute atomic E-state index is 0.316. The van der Waals surface area contributed by atoms with Gasteiger partial charge in [0.2, 0.25) is 0 Å². The molecular formula is C13H27NOS. The predicted molar refractivity (Wildman–Crippen MR) is 73.1 cm³/mol. The van der Waals surface area contributed by atoms with E-state index in [0.29, 0.717) is 18.4 Å². The van der Waals surface area contributed by atoms with Crippen LogP contribution in [0.2, 0.25) is 0 Å². The highest BCUT2D eigenvalue weighted by Crippen LogP contribution is 2.27. The van der Waals surface area contributed by atoms with Crippen LogP contribution in [0.3, 0.4) is 0 Å². The Labute approximate surface area is 106 Å². The third-order valence-corrected chi connectivity index (χ3v) is 4.31. The molecule has 0 amide bonds. The van der Waals surface area contributed by atoms with Gasteiger partial charge in [0.1, 0.15) is 0 Å². The van der Waals surface area contributed by atoms with Gasteiger partial charge in [-0.25, -0.2) is 0 Å². The molecule has 1 aliphatic carbocycles. The molecule has 96 valence electrons. The van der Waals surface area contributed by atoms with E-state index in [-0.39, 0.29) is 0 Å². The SMILES string of the molecule is CC(C)C(CS)CN(CCCO)C1CCC1. The van der Waals surface area contributed by atoms with E-state index in [9.17, 15) is 0 Å². The maximum atomic E-state index is 8.95. The van der Waals surface area contributed by atoms with E-state index in [1.807, 2.05) is 0 Å². The maximum Gasteiger partial charge on any atom is 0.0443 e. The molecule has 1 saturated carbocycles. The Morgan fingerprint density at radius 3 is 2.44 bits per heavy atom. The Kier molecular flexibility index (Phi) is 6.78. The number of rotatable bonds is 8. The number of hydrogen-bond donors (Lipinski definition) is 2. The lowest BCUT2D eigenvalue weighted by atomic mass is 9.89. The van der Waals surface area contributed by atoms with Crippen LogP contribution in [0.1, 0.15) is 39.5 Å². The van der Waals surface area contributed by atoms with Gasteiger partial charge in [-0.3, -0.25) is 4.90 Å². The molecule has 0 aliphatic heterocycles. The van der Waals surface area contributed by atoms with E-state index in [0.717, 1.165) is 31.3 Å². The lowest BCUT2D eigenvalue weighted by Gasteiger charge is -2.40. The van der Waals surface area contributed by atoms with Crippen LogP contribution in [0.15, 0.2) is 0 Å². The summed E-state index contributed by atoms with van der Waals surface area (Å²) in [5.74, 6) is 2.36. The zero-order valence-corrected chi connectivity index (χ0v) is 11.6. The zero-order valence-electron chi connectivity index (χ0n) is 10.7. The molecule has 16 heavy (non-hydrogen) atoms. The molecule has 3 heteroatoms. The van der Waals surface area contributed by atoms with Gasteiger partial charge >= 0.3 is 0 Å². The Balaban J connectivity index is 2.40. The molecule has 1 rings (SSSR count). The van der Waals surface area contributed by atoms with Gasteiger partial charge in [-0.2, -0.15) is 12.6 Å². The van der Waals surface area contributed by atoms with E-state index in [1.54, 1.807) is 0 Å². The molecule has 0 bridgehead atoms. The van der Waals surface area contributed by atoms with E-state index >= 15 is 0 Å². The van der Waals surface area contributed by atoms with Crippen LogP contribution in [-0.2, 0) is 0 Å². The van der Waals surface area contributed by atoms with E-state index in [4.69, 9.17) is 5.11 Å². The van der Waals surface area contributed by atoms with Gasteiger partial charge in [0.15, 0.2) is 0 Å². The molecule has 1 fully saturated rings. The van der Waals surface area contributed by atoms with Crippen LogP contribution in [-0.4, -0.2) is 41.5 Å². The molecule has 0 aromatic heterocycles. The highest BCUT2D eigenvalue weighted by molar-refractivity contribution is 7.80. The molecule has 0 saturated heterocycles. The van der Waals surface area contributed by atoms with Gasteiger partial charge in [0.25, 0.3) is 0 Å². The molecule has 0 spiro atoms. The summed E-state index contributed by atoms with van der Waals surface area (Å²) in [5.41, 5.74) is 0. The first-order chi connectivity index (χ1) is 7.69. The second-order valence-electron chi connectivity index (χ2n) is 5.34. The largest absolute Gasteiger partial charge is 0.396 e. The van der Waals surface area contributed by atoms with Crippen LogP contribution in [0.4, 0.5) is 0 Å². The van der Waals surface area contributed by atoms with Crippen molar-refractivity contribution in [1.82, 2.24) is 4.90 Å². The van der Waals surface area contributed by atoms with Crippen molar-refractivity contribution in [3.05, 3.63) is 0 Å². The first-order valence-corrected chi connectivity index (χ1v) is 7.28. The Bertz CT molecular complexity index is 183. The summed E-state index contributed by atoms with van der Waals surface area (Å²) in [6.07, 6.45) is 4.99. The summed E-state index contributed by atoms with van der Waals surface area (Å²) < 4.78 is 0. The van der Waals surface area contributed by atoms with Crippen LogP contribution in [0, 0.1) is 11.8 Å². The Morgan fingerprint density at radius 2 is 2.06 bits per heavy atom. The number of thiol groups is 1. The van der Waals surface area contributed by atoms with Crippen molar-refractivity contribution in [2.45, 2.75) is 45.6 Å². The highest BCUT2D eigenvalue weighted by Gasteiger charge is 2.26. The van der Waals surface area contributed by atoms with Crippen molar-refractivity contribution in [3.8, 4) is 0 Å². The molecule has 0 aromatic carbocycles. The minimum Gasteiger partial charge on any atom is -0.396 e. The van der Waals surface area contributed by atoms with Gasteiger partial charge in [-0.15, -0.1) is 0 Å². The lowest BCUT2D eigenvalue weighted by Crippen LogP contribution is -2.44. The average Bonchev–Trinajstić information content (AvgIpc) is 2.18. The van der Waals surface area contributed by atoms with Gasteiger partial charge in [0, 0.05) is 25.7 Å². The van der Waals surface area contributed by atoms with Gasteiger partial charge < -0.3 is 5.11 Å². The average molecular weight is 245 g/mol. The number of aliphatic hydroxyl groups is 1. The van der Waals surface area contributed by atoms with Gasteiger partial charge in [-0.1, -0.05) is 20.3 Å². The summed E-state index contributed by atoms with van der Waals surface area (Å²) in [5, 5.41) is 8.95. The highest BCUT2D eigenvalue weighted by atomic mass is 32.1. The molecule has 1 N–H and O–H groups in total. The molecular weight excluding hydrogens is 218 g/mol. The zero-order chi connectivity index (χ0) is 12.0. The van der Waals surface area contributed by atoms with Crippen molar-refractivity contribution in [3.63, 3.8) is 0 Å². The first-order valence-electron chi connectivity index (χ1n) is 6.64. The Hall–Kier alpha value is 0.270. The molecule has 0 aromatic rings. The summed E-state index contributed by atoms with van der Waals surface area (Å²) in [6, 6.07) is 0.785. The third kappa shape index (κ3) is 4.27. The molecule has 1 unspecified atom stereocenters. The second kappa shape index (κ2) is 7.57. The summed E-state index contributed by atoms with van der Waals surface area (Å²) in [7, 11) is 0. The maximum absolute atomic E-state index is 8.95. The lowest BCUT2D eigenvalue weighted by molar-refractivity contribution is 0.0934. The van der Waals surface area contributed by atoms with Crippen molar-refractivity contribution in [1.29, 1.82) is 0 Å². The molecule has 0 heterocycles. The number of nitrogens with zero attached hydrogens (tertiary/aromatic N) is 1. The van der Waals surface area contributed by atoms with Gasteiger partial charge in [0.05, 0.1) is 0 Å². The Morgan fingerprint density at radius 1 is 1.38 bits per heavy atom. The molecule has 0 radical (unpaired) electrons. The van der Waals surface area contributed by atoms with Crippen LogP contribution in [0.5, 0.6) is 0 Å². The monoisotopic (exact) mass is 245 g/mol. The quantitative estimate of drug-likeness (QED) is 0.642. The van der Waals surface area contributed by atoms with Crippen LogP contribution < -0.4 is 0 Å². The van der Waals surface area contributed by atoms with E-state index in [2.05, 4.69) is 31.4 Å². The normalized spacial score (nSPS) is 19.1. The van der Waals surface area contributed by atoms with Crippen molar-refractivity contribution < 1.29 is 5.11 Å². The minimum atomic E-state index is 0.316. The van der Waals surface area contributed by atoms with Gasteiger partial charge in [-0.05, 0) is 36.9 Å². The predicted octanol–water partition coefficient (Wildman–Crippen LogP) is 2.43. The first kappa shape index (κ1) is 14.3. The van der Waals surface area contributed by atoms with Crippen LogP contribution >= 0.6 is 12.6 Å². The number of hydrogen-bond acceptors (Lipinski definition) is 3.